The number of nitrogens with one attached hydrogen (secondary N) is 2. The van der Waals surface area contributed by atoms with E-state index in [0.29, 0.717) is 23.8 Å². The van der Waals surface area contributed by atoms with Crippen molar-refractivity contribution in [3.63, 3.8) is 0 Å². The molecule has 29 heavy (non-hydrogen) atoms. The number of carbonyl (C=O) groups excluding carboxylic acids is 1. The minimum absolute atomic E-state index is 0.0691. The van der Waals surface area contributed by atoms with Crippen molar-refractivity contribution in [2.24, 2.45) is 0 Å². The van der Waals surface area contributed by atoms with Gasteiger partial charge in [-0.2, -0.15) is 0 Å². The summed E-state index contributed by atoms with van der Waals surface area (Å²) in [6, 6.07) is 12.7. The van der Waals surface area contributed by atoms with Crippen LogP contribution in [0.1, 0.15) is 41.3 Å². The van der Waals surface area contributed by atoms with Crippen LogP contribution in [0.4, 0.5) is 5.69 Å². The summed E-state index contributed by atoms with van der Waals surface area (Å²) < 4.78 is 28.3. The normalized spacial score (nSPS) is 15.2. The Morgan fingerprint density at radius 3 is 2.48 bits per heavy atom. The summed E-state index contributed by atoms with van der Waals surface area (Å²) in [4.78, 5) is 15.1. The highest BCUT2D eigenvalue weighted by atomic mass is 32.2. The van der Waals surface area contributed by atoms with E-state index in [-0.39, 0.29) is 16.8 Å². The zero-order chi connectivity index (χ0) is 21.2. The van der Waals surface area contributed by atoms with Gasteiger partial charge in [-0.05, 0) is 70.0 Å². The maximum Gasteiger partial charge on any atom is 0.261 e. The minimum Gasteiger partial charge on any atom is -0.350 e. The van der Waals surface area contributed by atoms with Gasteiger partial charge < -0.3 is 5.32 Å². The van der Waals surface area contributed by atoms with Crippen LogP contribution in [0.25, 0.3) is 0 Å². The van der Waals surface area contributed by atoms with Crippen LogP contribution in [0.3, 0.4) is 0 Å². The summed E-state index contributed by atoms with van der Waals surface area (Å²) in [5.74, 6) is -0.258. The van der Waals surface area contributed by atoms with E-state index in [2.05, 4.69) is 28.9 Å². The van der Waals surface area contributed by atoms with Crippen LogP contribution in [-0.2, 0) is 10.0 Å². The summed E-state index contributed by atoms with van der Waals surface area (Å²) in [5.41, 5.74) is 2.46. The van der Waals surface area contributed by atoms with Crippen LogP contribution in [0, 0.1) is 13.8 Å². The van der Waals surface area contributed by atoms with Crippen LogP contribution in [-0.4, -0.2) is 44.9 Å². The van der Waals surface area contributed by atoms with Gasteiger partial charge in [0.1, 0.15) is 0 Å². The first-order valence-electron chi connectivity index (χ1n) is 9.88. The summed E-state index contributed by atoms with van der Waals surface area (Å²) in [5, 5.41) is 2.94. The van der Waals surface area contributed by atoms with Crippen molar-refractivity contribution in [3.05, 3.63) is 59.2 Å². The summed E-state index contributed by atoms with van der Waals surface area (Å²) in [6.07, 6.45) is 2.42. The zero-order valence-electron chi connectivity index (χ0n) is 17.4. The molecule has 3 rings (SSSR count). The van der Waals surface area contributed by atoms with Crippen LogP contribution in [0.2, 0.25) is 0 Å². The lowest BCUT2D eigenvalue weighted by Gasteiger charge is -2.24. The molecule has 1 saturated carbocycles. The molecule has 1 unspecified atom stereocenters. The third-order valence-electron chi connectivity index (χ3n) is 5.53. The molecule has 2 aromatic carbocycles. The van der Waals surface area contributed by atoms with Crippen LogP contribution >= 0.6 is 0 Å². The number of carbonyl (C=O) groups is 1. The van der Waals surface area contributed by atoms with E-state index in [1.807, 2.05) is 19.1 Å². The Bertz CT molecular complexity index is 1000. The average Bonchev–Trinajstić information content (AvgIpc) is 3.52. The third-order valence-corrected chi connectivity index (χ3v) is 6.89. The Hall–Kier alpha value is -2.38. The van der Waals surface area contributed by atoms with Gasteiger partial charge in [0.05, 0.1) is 10.6 Å². The lowest BCUT2D eigenvalue weighted by molar-refractivity contribution is 0.0938. The Balaban J connectivity index is 1.74. The van der Waals surface area contributed by atoms with Crippen molar-refractivity contribution < 1.29 is 13.2 Å². The van der Waals surface area contributed by atoms with Crippen molar-refractivity contribution >= 4 is 21.6 Å². The number of benzene rings is 2. The lowest BCUT2D eigenvalue weighted by Crippen LogP contribution is -2.41. The molecule has 1 fully saturated rings. The second-order valence-electron chi connectivity index (χ2n) is 7.85. The number of anilines is 1. The second-order valence-corrected chi connectivity index (χ2v) is 9.54. The first kappa shape index (κ1) is 21.3. The molecule has 0 bridgehead atoms. The zero-order valence-corrected chi connectivity index (χ0v) is 18.2. The minimum atomic E-state index is -3.79. The monoisotopic (exact) mass is 415 g/mol. The number of aryl methyl sites for hydroxylation is 2. The standard InChI is InChI=1S/C22H29N3O3S/c1-15-9-12-19(29(27,28)24-21-8-6-5-7-16(21)2)13-20(15)22(26)23-14-17(3)25(4)18-10-11-18/h5-9,12-13,17-18,24H,10-11,14H2,1-4H3,(H,23,26). The first-order chi connectivity index (χ1) is 13.7. The van der Waals surface area contributed by atoms with Crippen molar-refractivity contribution in [2.75, 3.05) is 18.3 Å². The van der Waals surface area contributed by atoms with E-state index in [9.17, 15) is 13.2 Å². The Labute approximate surface area is 173 Å². The number of amides is 1. The number of likely N-dealkylation sites (N-methyl/N-ethyl adjacent to an activating group) is 1. The van der Waals surface area contributed by atoms with Gasteiger partial charge in [0.2, 0.25) is 0 Å². The van der Waals surface area contributed by atoms with Gasteiger partial charge in [-0.15, -0.1) is 0 Å². The molecule has 1 aliphatic rings. The molecular formula is C22H29N3O3S. The lowest BCUT2D eigenvalue weighted by atomic mass is 10.1. The Kier molecular flexibility index (Phi) is 6.29. The van der Waals surface area contributed by atoms with Gasteiger partial charge >= 0.3 is 0 Å². The molecule has 0 aromatic heterocycles. The van der Waals surface area contributed by atoms with Crippen molar-refractivity contribution in [1.82, 2.24) is 10.2 Å². The molecule has 0 saturated heterocycles. The van der Waals surface area contributed by atoms with Gasteiger partial charge in [0.25, 0.3) is 15.9 Å². The predicted octanol–water partition coefficient (Wildman–Crippen LogP) is 3.32. The maximum atomic E-state index is 12.8. The molecule has 0 aliphatic heterocycles. The molecular weight excluding hydrogens is 386 g/mol. The van der Waals surface area contributed by atoms with Crippen LogP contribution in [0.15, 0.2) is 47.4 Å². The van der Waals surface area contributed by atoms with E-state index in [1.54, 1.807) is 25.1 Å². The fourth-order valence-corrected chi connectivity index (χ4v) is 4.38. The average molecular weight is 416 g/mol. The largest absolute Gasteiger partial charge is 0.350 e. The molecule has 7 heteroatoms. The Morgan fingerprint density at radius 1 is 1.14 bits per heavy atom. The molecule has 1 aliphatic carbocycles. The molecule has 2 aromatic rings. The molecule has 0 heterocycles. The highest BCUT2D eigenvalue weighted by Crippen LogP contribution is 2.27. The maximum absolute atomic E-state index is 12.8. The molecule has 0 spiro atoms. The number of hydrogen-bond acceptors (Lipinski definition) is 4. The summed E-state index contributed by atoms with van der Waals surface area (Å²) >= 11 is 0. The highest BCUT2D eigenvalue weighted by molar-refractivity contribution is 7.92. The molecule has 6 nitrogen and oxygen atoms in total. The predicted molar refractivity (Wildman–Crippen MR) is 116 cm³/mol. The smallest absolute Gasteiger partial charge is 0.261 e. The van der Waals surface area contributed by atoms with Gasteiger partial charge in [-0.1, -0.05) is 24.3 Å². The molecule has 1 atom stereocenters. The SMILES string of the molecule is Cc1ccccc1NS(=O)(=O)c1ccc(C)c(C(=O)NCC(C)N(C)C2CC2)c1. The quantitative estimate of drug-likeness (QED) is 0.693. The first-order valence-corrected chi connectivity index (χ1v) is 11.4. The van der Waals surface area contributed by atoms with E-state index in [4.69, 9.17) is 0 Å². The fourth-order valence-electron chi connectivity index (χ4n) is 3.23. The number of sulfonamides is 1. The fraction of sp³-hybridized carbons (Fsp3) is 0.409. The molecule has 2 N–H and O–H groups in total. The van der Waals surface area contributed by atoms with Gasteiger partial charge in [0, 0.05) is 24.2 Å². The van der Waals surface area contributed by atoms with E-state index in [1.165, 1.54) is 25.0 Å². The topological polar surface area (TPSA) is 78.5 Å². The summed E-state index contributed by atoms with van der Waals surface area (Å²) in [6.45, 7) is 6.24. The molecule has 0 radical (unpaired) electrons. The highest BCUT2D eigenvalue weighted by Gasteiger charge is 2.29. The van der Waals surface area contributed by atoms with E-state index < -0.39 is 10.0 Å². The van der Waals surface area contributed by atoms with Crippen LogP contribution < -0.4 is 10.0 Å². The number of hydrogen-bond donors (Lipinski definition) is 2. The number of nitrogens with zero attached hydrogens (tertiary/aromatic N) is 1. The van der Waals surface area contributed by atoms with Crippen molar-refractivity contribution in [2.45, 2.75) is 50.6 Å². The van der Waals surface area contributed by atoms with Crippen molar-refractivity contribution in [1.29, 1.82) is 0 Å². The van der Waals surface area contributed by atoms with Gasteiger partial charge in [-0.25, -0.2) is 8.42 Å². The van der Waals surface area contributed by atoms with Gasteiger partial charge in [0.15, 0.2) is 0 Å². The number of para-hydroxylation sites is 1. The third kappa shape index (κ3) is 5.16. The molecule has 156 valence electrons. The van der Waals surface area contributed by atoms with E-state index in [0.717, 1.165) is 11.1 Å². The summed E-state index contributed by atoms with van der Waals surface area (Å²) in [7, 11) is -1.72. The van der Waals surface area contributed by atoms with Crippen LogP contribution in [0.5, 0.6) is 0 Å². The van der Waals surface area contributed by atoms with Gasteiger partial charge in [-0.3, -0.25) is 14.4 Å². The van der Waals surface area contributed by atoms with Crippen molar-refractivity contribution in [3.8, 4) is 0 Å². The van der Waals surface area contributed by atoms with E-state index >= 15 is 0 Å². The Morgan fingerprint density at radius 2 is 1.83 bits per heavy atom. The second kappa shape index (κ2) is 8.55. The molecule has 1 amide bonds. The number of rotatable bonds is 8.